The molecule has 1 aromatic rings. The van der Waals surface area contributed by atoms with Crippen LogP contribution in [0, 0.1) is 22.7 Å². The molecular formula is C16H16N4O7. The summed E-state index contributed by atoms with van der Waals surface area (Å²) in [5.41, 5.74) is -0.263. The molecule has 1 fully saturated rings. The average molecular weight is 376 g/mol. The Morgan fingerprint density at radius 2 is 1.67 bits per heavy atom. The Hall–Kier alpha value is -3.44. The highest BCUT2D eigenvalue weighted by Crippen LogP contribution is 2.32. The van der Waals surface area contributed by atoms with E-state index >= 15 is 0 Å². The zero-order chi connectivity index (χ0) is 20.1. The molecule has 0 amide bonds. The highest BCUT2D eigenvalue weighted by molar-refractivity contribution is 5.68. The fraction of sp³-hybridized carbons (Fsp3) is 0.500. The zero-order valence-corrected chi connectivity index (χ0v) is 14.7. The van der Waals surface area contributed by atoms with Crippen LogP contribution in [-0.2, 0) is 33.3 Å². The molecule has 142 valence electrons. The lowest BCUT2D eigenvalue weighted by Crippen LogP contribution is -2.55. The Bertz CT molecular complexity index is 835. The molecule has 27 heavy (non-hydrogen) atoms. The molecule has 4 atom stereocenters. The quantitative estimate of drug-likeness (QED) is 0.516. The van der Waals surface area contributed by atoms with Crippen molar-refractivity contribution in [2.75, 3.05) is 6.61 Å². The molecule has 1 aromatic heterocycles. The fourth-order valence-electron chi connectivity index (χ4n) is 2.71. The standard InChI is InChI=1S/C16H16N4O7/c1-8(21)25-13-6-24-16(20-7-19-11(4-17)12(20)5-18)15(27-10(3)23)14(13)26-9(2)22/h7,13-16H,6H2,1-3H3/t13-,14+,15+,16-/m0/s1. The highest BCUT2D eigenvalue weighted by atomic mass is 16.6. The van der Waals surface area contributed by atoms with Crippen molar-refractivity contribution < 1.29 is 33.3 Å². The summed E-state index contributed by atoms with van der Waals surface area (Å²) in [5, 5.41) is 18.4. The molecule has 11 heteroatoms. The maximum absolute atomic E-state index is 11.6. The summed E-state index contributed by atoms with van der Waals surface area (Å²) in [5.74, 6) is -2.06. The molecule has 0 unspecified atom stereocenters. The highest BCUT2D eigenvalue weighted by Gasteiger charge is 2.48. The molecule has 0 spiro atoms. The van der Waals surface area contributed by atoms with Crippen LogP contribution in [0.4, 0.5) is 0 Å². The Morgan fingerprint density at radius 3 is 2.19 bits per heavy atom. The average Bonchev–Trinajstić information content (AvgIpc) is 2.99. The number of nitrogens with zero attached hydrogens (tertiary/aromatic N) is 4. The lowest BCUT2D eigenvalue weighted by Gasteiger charge is -2.40. The Morgan fingerprint density at radius 1 is 1.07 bits per heavy atom. The zero-order valence-electron chi connectivity index (χ0n) is 14.7. The third-order valence-corrected chi connectivity index (χ3v) is 3.60. The monoisotopic (exact) mass is 376 g/mol. The van der Waals surface area contributed by atoms with E-state index in [1.54, 1.807) is 6.07 Å². The molecule has 2 rings (SSSR count). The number of carbonyl (C=O) groups is 3. The predicted octanol–water partition coefficient (Wildman–Crippen LogP) is -0.0496. The van der Waals surface area contributed by atoms with Gasteiger partial charge in [0.1, 0.15) is 12.1 Å². The molecule has 0 N–H and O–H groups in total. The van der Waals surface area contributed by atoms with Gasteiger partial charge in [-0.25, -0.2) is 4.98 Å². The van der Waals surface area contributed by atoms with Crippen LogP contribution in [0.2, 0.25) is 0 Å². The van der Waals surface area contributed by atoms with Gasteiger partial charge in [-0.2, -0.15) is 10.5 Å². The molecule has 0 aromatic carbocycles. The van der Waals surface area contributed by atoms with E-state index in [1.165, 1.54) is 17.8 Å². The SMILES string of the molecule is CC(=O)O[C@@H]1[C@H](OC(C)=O)[C@@H](OC(C)=O)CO[C@@H]1n1cnc(C#N)c1C#N. The minimum absolute atomic E-state index is 0.118. The number of hydrogen-bond acceptors (Lipinski definition) is 10. The molecule has 0 aliphatic carbocycles. The van der Waals surface area contributed by atoms with Crippen molar-refractivity contribution in [1.82, 2.24) is 9.55 Å². The van der Waals surface area contributed by atoms with E-state index in [0.29, 0.717) is 0 Å². The van der Waals surface area contributed by atoms with Crippen LogP contribution in [0.3, 0.4) is 0 Å². The van der Waals surface area contributed by atoms with Gasteiger partial charge in [0.05, 0.1) is 12.9 Å². The smallest absolute Gasteiger partial charge is 0.303 e. The molecule has 2 heterocycles. The summed E-state index contributed by atoms with van der Waals surface area (Å²) < 4.78 is 22.4. The first-order chi connectivity index (χ1) is 12.8. The fourth-order valence-corrected chi connectivity index (χ4v) is 2.71. The van der Waals surface area contributed by atoms with E-state index in [0.717, 1.165) is 13.8 Å². The summed E-state index contributed by atoms with van der Waals surface area (Å²) in [4.78, 5) is 38.3. The normalized spacial score (nSPS) is 24.2. The Kier molecular flexibility index (Phi) is 6.11. The summed E-state index contributed by atoms with van der Waals surface area (Å²) in [7, 11) is 0. The van der Waals surface area contributed by atoms with Gasteiger partial charge in [0, 0.05) is 20.8 Å². The molecule has 1 aliphatic rings. The second kappa shape index (κ2) is 8.29. The van der Waals surface area contributed by atoms with Crippen molar-refractivity contribution in [2.24, 2.45) is 0 Å². The largest absolute Gasteiger partial charge is 0.456 e. The van der Waals surface area contributed by atoms with Crippen molar-refractivity contribution >= 4 is 17.9 Å². The van der Waals surface area contributed by atoms with Gasteiger partial charge >= 0.3 is 17.9 Å². The first-order valence-corrected chi connectivity index (χ1v) is 7.78. The number of carbonyl (C=O) groups excluding carboxylic acids is 3. The Labute approximate surface area is 154 Å². The van der Waals surface area contributed by atoms with Gasteiger partial charge in [-0.1, -0.05) is 0 Å². The van der Waals surface area contributed by atoms with Crippen molar-refractivity contribution in [3.8, 4) is 12.1 Å². The summed E-state index contributed by atoms with van der Waals surface area (Å²) in [6, 6.07) is 3.60. The molecule has 1 aliphatic heterocycles. The number of rotatable bonds is 4. The molecule has 0 bridgehead atoms. The van der Waals surface area contributed by atoms with E-state index in [4.69, 9.17) is 24.2 Å². The molecule has 0 radical (unpaired) electrons. The van der Waals surface area contributed by atoms with Crippen LogP contribution in [0.25, 0.3) is 0 Å². The van der Waals surface area contributed by atoms with Gasteiger partial charge in [0.2, 0.25) is 0 Å². The lowest BCUT2D eigenvalue weighted by atomic mass is 10.0. The van der Waals surface area contributed by atoms with E-state index < -0.39 is 42.4 Å². The number of aromatic nitrogens is 2. The third kappa shape index (κ3) is 4.40. The van der Waals surface area contributed by atoms with E-state index in [-0.39, 0.29) is 18.0 Å². The van der Waals surface area contributed by atoms with Gasteiger partial charge in [-0.3, -0.25) is 19.0 Å². The molecule has 1 saturated heterocycles. The van der Waals surface area contributed by atoms with E-state index in [1.807, 2.05) is 6.07 Å². The maximum Gasteiger partial charge on any atom is 0.303 e. The van der Waals surface area contributed by atoms with Crippen molar-refractivity contribution in [2.45, 2.75) is 45.3 Å². The number of esters is 3. The molecule has 0 saturated carbocycles. The second-order valence-electron chi connectivity index (χ2n) is 5.59. The van der Waals surface area contributed by atoms with Crippen LogP contribution >= 0.6 is 0 Å². The van der Waals surface area contributed by atoms with Gasteiger partial charge in [-0.15, -0.1) is 0 Å². The van der Waals surface area contributed by atoms with Gasteiger partial charge in [0.25, 0.3) is 0 Å². The topological polar surface area (TPSA) is 154 Å². The lowest BCUT2D eigenvalue weighted by molar-refractivity contribution is -0.239. The van der Waals surface area contributed by atoms with Gasteiger partial charge in [0.15, 0.2) is 35.9 Å². The van der Waals surface area contributed by atoms with E-state index in [2.05, 4.69) is 4.98 Å². The minimum Gasteiger partial charge on any atom is -0.456 e. The van der Waals surface area contributed by atoms with Crippen LogP contribution < -0.4 is 0 Å². The number of hydrogen-bond donors (Lipinski definition) is 0. The number of nitriles is 2. The van der Waals surface area contributed by atoms with Crippen LogP contribution in [-0.4, -0.2) is 52.4 Å². The third-order valence-electron chi connectivity index (χ3n) is 3.60. The molecule has 11 nitrogen and oxygen atoms in total. The first kappa shape index (κ1) is 19.9. The summed E-state index contributed by atoms with van der Waals surface area (Å²) >= 11 is 0. The van der Waals surface area contributed by atoms with Crippen LogP contribution in [0.15, 0.2) is 6.33 Å². The van der Waals surface area contributed by atoms with Crippen molar-refractivity contribution in [3.63, 3.8) is 0 Å². The maximum atomic E-state index is 11.6. The van der Waals surface area contributed by atoms with Crippen molar-refractivity contribution in [1.29, 1.82) is 10.5 Å². The summed E-state index contributed by atoms with van der Waals surface area (Å²) in [6.07, 6.45) is -3.42. The van der Waals surface area contributed by atoms with Gasteiger partial charge < -0.3 is 18.9 Å². The summed E-state index contributed by atoms with van der Waals surface area (Å²) in [6.45, 7) is 3.24. The van der Waals surface area contributed by atoms with Gasteiger partial charge in [-0.05, 0) is 0 Å². The first-order valence-electron chi connectivity index (χ1n) is 7.78. The number of imidazole rings is 1. The minimum atomic E-state index is -1.25. The van der Waals surface area contributed by atoms with E-state index in [9.17, 15) is 19.6 Å². The Balaban J connectivity index is 2.48. The molecular weight excluding hydrogens is 360 g/mol. The second-order valence-corrected chi connectivity index (χ2v) is 5.59. The van der Waals surface area contributed by atoms with Crippen molar-refractivity contribution in [3.05, 3.63) is 17.7 Å². The number of ether oxygens (including phenoxy) is 4. The van der Waals surface area contributed by atoms with Crippen LogP contribution in [0.1, 0.15) is 38.4 Å². The van der Waals surface area contributed by atoms with Crippen LogP contribution in [0.5, 0.6) is 0 Å². The predicted molar refractivity (Wildman–Crippen MR) is 83.3 cm³/mol.